The average molecular weight is 353 g/mol. The quantitative estimate of drug-likeness (QED) is 0.640. The van der Waals surface area contributed by atoms with Gasteiger partial charge in [-0.3, -0.25) is 9.59 Å². The van der Waals surface area contributed by atoms with Gasteiger partial charge in [0.2, 0.25) is 0 Å². The molecule has 1 aromatic heterocycles. The summed E-state index contributed by atoms with van der Waals surface area (Å²) < 4.78 is 43.7. The molecule has 1 aromatic carbocycles. The minimum absolute atomic E-state index is 0.418. The Balaban J connectivity index is 1.90. The van der Waals surface area contributed by atoms with Gasteiger partial charge in [-0.2, -0.15) is 18.3 Å². The predicted octanol–water partition coefficient (Wildman–Crippen LogP) is 2.49. The molecule has 2 aromatic rings. The zero-order valence-electron chi connectivity index (χ0n) is 13.1. The summed E-state index contributed by atoms with van der Waals surface area (Å²) in [5.41, 5.74) is 0.497. The molecule has 0 radical (unpaired) electrons. The van der Waals surface area contributed by atoms with E-state index in [4.69, 9.17) is 4.42 Å². The fraction of sp³-hybridized carbons (Fsp3) is 0.188. The lowest BCUT2D eigenvalue weighted by molar-refractivity contribution is -0.137. The average Bonchev–Trinajstić information content (AvgIpc) is 2.97. The van der Waals surface area contributed by atoms with Crippen LogP contribution in [0.2, 0.25) is 0 Å². The molecule has 0 fully saturated rings. The Kier molecular flexibility index (Phi) is 5.58. The van der Waals surface area contributed by atoms with E-state index in [1.807, 2.05) is 0 Å². The first-order valence-corrected chi connectivity index (χ1v) is 7.10. The number of hydrazone groups is 1. The van der Waals surface area contributed by atoms with E-state index < -0.39 is 35.7 Å². The highest BCUT2D eigenvalue weighted by Crippen LogP contribution is 2.31. The van der Waals surface area contributed by atoms with Gasteiger partial charge in [-0.25, -0.2) is 5.43 Å². The van der Waals surface area contributed by atoms with Crippen LogP contribution in [0, 0.1) is 6.92 Å². The summed E-state index contributed by atoms with van der Waals surface area (Å²) in [6.45, 7) is 1.21. The highest BCUT2D eigenvalue weighted by atomic mass is 19.4. The van der Waals surface area contributed by atoms with Crippen molar-refractivity contribution in [3.63, 3.8) is 0 Å². The number of hydrogen-bond acceptors (Lipinski definition) is 4. The van der Waals surface area contributed by atoms with Crippen molar-refractivity contribution in [3.8, 4) is 0 Å². The van der Waals surface area contributed by atoms with Gasteiger partial charge in [-0.15, -0.1) is 0 Å². The minimum Gasteiger partial charge on any atom is -0.460 e. The monoisotopic (exact) mass is 353 g/mol. The maximum absolute atomic E-state index is 12.8. The molecule has 0 aliphatic carbocycles. The standard InChI is InChI=1S/C16H14F3N3O3/c1-10-6-7-11(25-10)8-21-22-14(23)9-20-15(24)12-4-2-3-5-13(12)16(17,18)19/h2-8H,9H2,1H3,(H,20,24)(H,22,23)/b21-8-. The zero-order chi connectivity index (χ0) is 18.4. The fourth-order valence-corrected chi connectivity index (χ4v) is 1.91. The molecular formula is C16H14F3N3O3. The van der Waals surface area contributed by atoms with Crippen molar-refractivity contribution in [1.29, 1.82) is 0 Å². The molecule has 25 heavy (non-hydrogen) atoms. The third-order valence-corrected chi connectivity index (χ3v) is 3.03. The molecule has 1 heterocycles. The van der Waals surface area contributed by atoms with Crippen molar-refractivity contribution < 1.29 is 27.2 Å². The fourth-order valence-electron chi connectivity index (χ4n) is 1.91. The van der Waals surface area contributed by atoms with Crippen LogP contribution in [0.4, 0.5) is 13.2 Å². The summed E-state index contributed by atoms with van der Waals surface area (Å²) in [4.78, 5) is 23.4. The van der Waals surface area contributed by atoms with Gasteiger partial charge < -0.3 is 9.73 Å². The first kappa shape index (κ1) is 18.2. The molecule has 0 saturated carbocycles. The Labute approximate surface area is 140 Å². The van der Waals surface area contributed by atoms with Crippen molar-refractivity contribution in [1.82, 2.24) is 10.7 Å². The molecule has 0 atom stereocenters. The molecule has 0 bridgehead atoms. The third kappa shape index (κ3) is 5.20. The van der Waals surface area contributed by atoms with Crippen molar-refractivity contribution in [2.45, 2.75) is 13.1 Å². The topological polar surface area (TPSA) is 83.7 Å². The van der Waals surface area contributed by atoms with Gasteiger partial charge in [-0.05, 0) is 31.2 Å². The van der Waals surface area contributed by atoms with Crippen molar-refractivity contribution in [2.75, 3.05) is 6.54 Å². The van der Waals surface area contributed by atoms with E-state index in [0.29, 0.717) is 11.5 Å². The lowest BCUT2D eigenvalue weighted by Gasteiger charge is -2.12. The highest BCUT2D eigenvalue weighted by molar-refractivity contribution is 5.97. The van der Waals surface area contributed by atoms with Crippen LogP contribution in [0.25, 0.3) is 0 Å². The van der Waals surface area contributed by atoms with E-state index in [-0.39, 0.29) is 0 Å². The van der Waals surface area contributed by atoms with Gasteiger partial charge in [0.05, 0.1) is 23.9 Å². The van der Waals surface area contributed by atoms with Gasteiger partial charge in [-0.1, -0.05) is 12.1 Å². The number of amides is 2. The molecule has 2 N–H and O–H groups in total. The molecule has 0 unspecified atom stereocenters. The number of rotatable bonds is 5. The Hall–Kier alpha value is -3.10. The lowest BCUT2D eigenvalue weighted by Crippen LogP contribution is -2.35. The molecule has 0 spiro atoms. The number of nitrogens with zero attached hydrogens (tertiary/aromatic N) is 1. The molecule has 6 nitrogen and oxygen atoms in total. The number of nitrogens with one attached hydrogen (secondary N) is 2. The molecular weight excluding hydrogens is 339 g/mol. The summed E-state index contributed by atoms with van der Waals surface area (Å²) in [7, 11) is 0. The third-order valence-electron chi connectivity index (χ3n) is 3.03. The van der Waals surface area contributed by atoms with E-state index in [1.54, 1.807) is 19.1 Å². The van der Waals surface area contributed by atoms with E-state index in [9.17, 15) is 22.8 Å². The molecule has 2 amide bonds. The van der Waals surface area contributed by atoms with E-state index in [0.717, 1.165) is 12.1 Å². The van der Waals surface area contributed by atoms with E-state index >= 15 is 0 Å². The van der Waals surface area contributed by atoms with E-state index in [2.05, 4.69) is 15.8 Å². The number of carbonyl (C=O) groups is 2. The lowest BCUT2D eigenvalue weighted by atomic mass is 10.1. The van der Waals surface area contributed by atoms with Crippen LogP contribution in [-0.4, -0.2) is 24.6 Å². The SMILES string of the molecule is Cc1ccc(/C=N\NC(=O)CNC(=O)c2ccccc2C(F)(F)F)o1. The Morgan fingerprint density at radius 1 is 1.20 bits per heavy atom. The number of carbonyl (C=O) groups excluding carboxylic acids is 2. The maximum atomic E-state index is 12.8. The van der Waals surface area contributed by atoms with Gasteiger partial charge >= 0.3 is 6.18 Å². The van der Waals surface area contributed by atoms with Crippen LogP contribution in [0.3, 0.4) is 0 Å². The molecule has 0 saturated heterocycles. The van der Waals surface area contributed by atoms with Crippen molar-refractivity contribution in [2.24, 2.45) is 5.10 Å². The van der Waals surface area contributed by atoms with Crippen LogP contribution >= 0.6 is 0 Å². The summed E-state index contributed by atoms with van der Waals surface area (Å²) in [5, 5.41) is 5.73. The second kappa shape index (κ2) is 7.65. The normalized spacial score (nSPS) is 11.5. The van der Waals surface area contributed by atoms with Gasteiger partial charge in [0.1, 0.15) is 11.5 Å². The van der Waals surface area contributed by atoms with Crippen molar-refractivity contribution >= 4 is 18.0 Å². The second-order valence-electron chi connectivity index (χ2n) is 4.97. The van der Waals surface area contributed by atoms with Crippen LogP contribution in [0.15, 0.2) is 45.9 Å². The number of benzene rings is 1. The summed E-state index contributed by atoms with van der Waals surface area (Å²) in [6, 6.07) is 7.66. The van der Waals surface area contributed by atoms with Crippen LogP contribution in [0.1, 0.15) is 27.4 Å². The second-order valence-corrected chi connectivity index (χ2v) is 4.97. The Morgan fingerprint density at radius 2 is 1.92 bits per heavy atom. The largest absolute Gasteiger partial charge is 0.460 e. The van der Waals surface area contributed by atoms with E-state index in [1.165, 1.54) is 18.3 Å². The Bertz CT molecular complexity index is 797. The van der Waals surface area contributed by atoms with Crippen LogP contribution in [-0.2, 0) is 11.0 Å². The molecule has 0 aliphatic rings. The molecule has 0 aliphatic heterocycles. The van der Waals surface area contributed by atoms with Crippen LogP contribution < -0.4 is 10.7 Å². The number of aryl methyl sites for hydroxylation is 1. The number of hydrogen-bond donors (Lipinski definition) is 2. The molecule has 2 rings (SSSR count). The minimum atomic E-state index is -4.67. The predicted molar refractivity (Wildman–Crippen MR) is 83.0 cm³/mol. The first-order valence-electron chi connectivity index (χ1n) is 7.10. The van der Waals surface area contributed by atoms with Gasteiger partial charge in [0, 0.05) is 0 Å². The number of halogens is 3. The van der Waals surface area contributed by atoms with Gasteiger partial charge in [0.25, 0.3) is 11.8 Å². The zero-order valence-corrected chi connectivity index (χ0v) is 13.1. The van der Waals surface area contributed by atoms with Gasteiger partial charge in [0.15, 0.2) is 0 Å². The summed E-state index contributed by atoms with van der Waals surface area (Å²) in [5.74, 6) is -0.615. The Morgan fingerprint density at radius 3 is 2.56 bits per heavy atom. The molecule has 132 valence electrons. The summed E-state index contributed by atoms with van der Waals surface area (Å²) in [6.07, 6.45) is -3.41. The van der Waals surface area contributed by atoms with Crippen molar-refractivity contribution in [3.05, 3.63) is 59.0 Å². The maximum Gasteiger partial charge on any atom is 0.417 e. The molecule has 9 heteroatoms. The number of furan rings is 1. The smallest absolute Gasteiger partial charge is 0.417 e. The first-order chi connectivity index (χ1) is 11.8. The van der Waals surface area contributed by atoms with Crippen LogP contribution in [0.5, 0.6) is 0 Å². The highest BCUT2D eigenvalue weighted by Gasteiger charge is 2.34. The number of alkyl halides is 3. The summed E-state index contributed by atoms with van der Waals surface area (Å²) >= 11 is 0.